The first-order valence-electron chi connectivity index (χ1n) is 3.80. The number of hydrogen-bond donors (Lipinski definition) is 0. The Morgan fingerprint density at radius 1 is 1.50 bits per heavy atom. The molecule has 1 heterocycles. The van der Waals surface area contributed by atoms with Gasteiger partial charge in [-0.3, -0.25) is 4.98 Å². The van der Waals surface area contributed by atoms with Gasteiger partial charge in [-0.2, -0.15) is 0 Å². The zero-order chi connectivity index (χ0) is 8.97. The van der Waals surface area contributed by atoms with E-state index in [1.165, 1.54) is 0 Å². The normalized spacial score (nSPS) is 9.50. The van der Waals surface area contributed by atoms with Gasteiger partial charge in [0.1, 0.15) is 5.75 Å². The van der Waals surface area contributed by atoms with Crippen molar-refractivity contribution in [3.05, 3.63) is 24.0 Å². The van der Waals surface area contributed by atoms with Crippen molar-refractivity contribution >= 4 is 0 Å². The molecule has 0 aromatic carbocycles. The highest BCUT2D eigenvalue weighted by molar-refractivity contribution is 5.34. The highest BCUT2D eigenvalue weighted by Gasteiger charge is 1.97. The molecule has 0 spiro atoms. The van der Waals surface area contributed by atoms with E-state index in [0.717, 1.165) is 11.3 Å². The molecule has 0 unspecified atom stereocenters. The molecule has 2 heteroatoms. The average Bonchev–Trinajstić information content (AvgIpc) is 2.03. The van der Waals surface area contributed by atoms with E-state index < -0.39 is 0 Å². The minimum atomic E-state index is 0.153. The zero-order valence-electron chi connectivity index (χ0n) is 7.24. The summed E-state index contributed by atoms with van der Waals surface area (Å²) in [7, 11) is 0. The van der Waals surface area contributed by atoms with Crippen LogP contribution in [0.25, 0.3) is 0 Å². The second kappa shape index (κ2) is 3.77. The summed E-state index contributed by atoms with van der Waals surface area (Å²) in [6, 6.07) is 1.80. The first-order chi connectivity index (χ1) is 5.72. The minimum absolute atomic E-state index is 0.153. The Kier molecular flexibility index (Phi) is 2.71. The van der Waals surface area contributed by atoms with E-state index in [-0.39, 0.29) is 6.10 Å². The maximum atomic E-state index is 5.40. The van der Waals surface area contributed by atoms with Crippen LogP contribution in [0.2, 0.25) is 0 Å². The summed E-state index contributed by atoms with van der Waals surface area (Å²) >= 11 is 0. The second-order valence-electron chi connectivity index (χ2n) is 2.72. The third kappa shape index (κ3) is 2.28. The van der Waals surface area contributed by atoms with E-state index in [4.69, 9.17) is 11.2 Å². The molecule has 0 saturated heterocycles. The van der Waals surface area contributed by atoms with E-state index in [2.05, 4.69) is 10.9 Å². The van der Waals surface area contributed by atoms with Crippen LogP contribution in [-0.2, 0) is 0 Å². The molecule has 0 fully saturated rings. The van der Waals surface area contributed by atoms with Gasteiger partial charge < -0.3 is 4.74 Å². The number of ether oxygens (including phenoxy) is 1. The topological polar surface area (TPSA) is 22.1 Å². The van der Waals surface area contributed by atoms with Crippen molar-refractivity contribution in [2.24, 2.45) is 0 Å². The lowest BCUT2D eigenvalue weighted by Gasteiger charge is -2.08. The number of nitrogens with zero attached hydrogens (tertiary/aromatic N) is 1. The van der Waals surface area contributed by atoms with Gasteiger partial charge >= 0.3 is 0 Å². The second-order valence-corrected chi connectivity index (χ2v) is 2.72. The Bertz CT molecular complexity index is 299. The lowest BCUT2D eigenvalue weighted by atomic mass is 10.3. The van der Waals surface area contributed by atoms with Crippen LogP contribution >= 0.6 is 0 Å². The van der Waals surface area contributed by atoms with Crippen molar-refractivity contribution in [3.63, 3.8) is 0 Å². The van der Waals surface area contributed by atoms with Crippen molar-refractivity contribution in [2.45, 2.75) is 20.0 Å². The lowest BCUT2D eigenvalue weighted by Crippen LogP contribution is -2.05. The Labute approximate surface area is 72.6 Å². The molecular formula is C10H11NO. The van der Waals surface area contributed by atoms with Crippen LogP contribution in [0, 0.1) is 12.3 Å². The third-order valence-corrected chi connectivity index (χ3v) is 1.25. The number of aromatic nitrogens is 1. The number of terminal acetylenes is 1. The molecule has 0 N–H and O–H groups in total. The van der Waals surface area contributed by atoms with Crippen molar-refractivity contribution < 1.29 is 4.74 Å². The van der Waals surface area contributed by atoms with E-state index in [9.17, 15) is 0 Å². The van der Waals surface area contributed by atoms with Gasteiger partial charge in [0.2, 0.25) is 0 Å². The molecule has 1 rings (SSSR count). The SMILES string of the molecule is C#Cc1cncc(OC(C)C)c1. The first kappa shape index (κ1) is 8.61. The molecule has 0 aliphatic heterocycles. The predicted octanol–water partition coefficient (Wildman–Crippen LogP) is 1.85. The van der Waals surface area contributed by atoms with Crippen molar-refractivity contribution in [2.75, 3.05) is 0 Å². The molecule has 0 saturated carbocycles. The Hall–Kier alpha value is -1.49. The number of rotatable bonds is 2. The van der Waals surface area contributed by atoms with Crippen molar-refractivity contribution in [1.82, 2.24) is 4.98 Å². The number of pyridine rings is 1. The van der Waals surface area contributed by atoms with Crippen LogP contribution in [0.5, 0.6) is 5.75 Å². The van der Waals surface area contributed by atoms with Crippen LogP contribution in [0.4, 0.5) is 0 Å². The highest BCUT2D eigenvalue weighted by atomic mass is 16.5. The summed E-state index contributed by atoms with van der Waals surface area (Å²) in [6.45, 7) is 3.92. The summed E-state index contributed by atoms with van der Waals surface area (Å²) in [4.78, 5) is 3.94. The van der Waals surface area contributed by atoms with E-state index >= 15 is 0 Å². The minimum Gasteiger partial charge on any atom is -0.489 e. The molecule has 0 radical (unpaired) electrons. The van der Waals surface area contributed by atoms with Crippen molar-refractivity contribution in [3.8, 4) is 18.1 Å². The molecule has 0 atom stereocenters. The maximum absolute atomic E-state index is 5.40. The molecular weight excluding hydrogens is 150 g/mol. The highest BCUT2D eigenvalue weighted by Crippen LogP contribution is 2.11. The van der Waals surface area contributed by atoms with Gasteiger partial charge in [0, 0.05) is 11.8 Å². The molecule has 1 aromatic rings. The summed E-state index contributed by atoms with van der Waals surface area (Å²) in [5.74, 6) is 3.22. The standard InChI is InChI=1S/C10H11NO/c1-4-9-5-10(7-11-6-9)12-8(2)3/h1,5-8H,2-3H3. The van der Waals surface area contributed by atoms with Crippen LogP contribution in [-0.4, -0.2) is 11.1 Å². The lowest BCUT2D eigenvalue weighted by molar-refractivity contribution is 0.241. The smallest absolute Gasteiger partial charge is 0.139 e. The molecule has 12 heavy (non-hydrogen) atoms. The monoisotopic (exact) mass is 161 g/mol. The molecule has 62 valence electrons. The van der Waals surface area contributed by atoms with E-state index in [1.54, 1.807) is 18.5 Å². The summed E-state index contributed by atoms with van der Waals surface area (Å²) in [6.07, 6.45) is 8.64. The summed E-state index contributed by atoms with van der Waals surface area (Å²) < 4.78 is 5.40. The molecule has 0 amide bonds. The molecule has 0 bridgehead atoms. The quantitative estimate of drug-likeness (QED) is 0.617. The fourth-order valence-corrected chi connectivity index (χ4v) is 0.834. The van der Waals surface area contributed by atoms with Gasteiger partial charge in [-0.25, -0.2) is 0 Å². The Morgan fingerprint density at radius 3 is 2.83 bits per heavy atom. The number of hydrogen-bond acceptors (Lipinski definition) is 2. The first-order valence-corrected chi connectivity index (χ1v) is 3.80. The van der Waals surface area contributed by atoms with Gasteiger partial charge in [-0.05, 0) is 19.9 Å². The maximum Gasteiger partial charge on any atom is 0.139 e. The van der Waals surface area contributed by atoms with Gasteiger partial charge in [-0.15, -0.1) is 6.42 Å². The molecule has 0 aliphatic carbocycles. The Balaban J connectivity index is 2.81. The predicted molar refractivity (Wildman–Crippen MR) is 47.9 cm³/mol. The fourth-order valence-electron chi connectivity index (χ4n) is 0.834. The van der Waals surface area contributed by atoms with Crippen LogP contribution in [0.3, 0.4) is 0 Å². The van der Waals surface area contributed by atoms with Crippen LogP contribution in [0.15, 0.2) is 18.5 Å². The summed E-state index contributed by atoms with van der Waals surface area (Å²) in [5, 5.41) is 0. The van der Waals surface area contributed by atoms with Gasteiger partial charge in [0.15, 0.2) is 0 Å². The zero-order valence-corrected chi connectivity index (χ0v) is 7.24. The average molecular weight is 161 g/mol. The largest absolute Gasteiger partial charge is 0.489 e. The van der Waals surface area contributed by atoms with Crippen molar-refractivity contribution in [1.29, 1.82) is 0 Å². The van der Waals surface area contributed by atoms with Gasteiger partial charge in [0.05, 0.1) is 12.3 Å². The van der Waals surface area contributed by atoms with Gasteiger partial charge in [-0.1, -0.05) is 5.92 Å². The molecule has 0 aliphatic rings. The fraction of sp³-hybridized carbons (Fsp3) is 0.300. The molecule has 2 nitrogen and oxygen atoms in total. The summed E-state index contributed by atoms with van der Waals surface area (Å²) in [5.41, 5.74) is 0.744. The molecule has 1 aromatic heterocycles. The van der Waals surface area contributed by atoms with Gasteiger partial charge in [0.25, 0.3) is 0 Å². The van der Waals surface area contributed by atoms with E-state index in [1.807, 2.05) is 13.8 Å². The third-order valence-electron chi connectivity index (χ3n) is 1.25. The van der Waals surface area contributed by atoms with E-state index in [0.29, 0.717) is 0 Å². The van der Waals surface area contributed by atoms with Crippen LogP contribution < -0.4 is 4.74 Å². The Morgan fingerprint density at radius 2 is 2.25 bits per heavy atom. The van der Waals surface area contributed by atoms with Crippen LogP contribution in [0.1, 0.15) is 19.4 Å².